The summed E-state index contributed by atoms with van der Waals surface area (Å²) in [6.07, 6.45) is 44.6. The number of carbonyl (C=O) groups is 2. The molecule has 0 aliphatic rings. The summed E-state index contributed by atoms with van der Waals surface area (Å²) in [5, 5.41) is 12.7. The Hall–Kier alpha value is -0.990. The van der Waals surface area contributed by atoms with Crippen molar-refractivity contribution >= 4 is 19.7 Å². The third-order valence-electron chi connectivity index (χ3n) is 10.8. The normalized spacial score (nSPS) is 13.1. The number of aliphatic hydroxyl groups excluding tert-OH is 1. The molecule has 0 aromatic carbocycles. The number of phosphoric acid groups is 1. The van der Waals surface area contributed by atoms with Gasteiger partial charge in [0.25, 0.3) is 0 Å². The molecule has 0 rings (SSSR count). The van der Waals surface area contributed by atoms with E-state index in [4.69, 9.17) is 13.8 Å². The van der Waals surface area contributed by atoms with Crippen LogP contribution in [0.15, 0.2) is 0 Å². The van der Waals surface area contributed by atoms with Crippen LogP contribution in [0.3, 0.4) is 0 Å². The van der Waals surface area contributed by atoms with Crippen LogP contribution in [-0.4, -0.2) is 54.3 Å². The minimum absolute atomic E-state index is 0.0887. The van der Waals surface area contributed by atoms with Crippen molar-refractivity contribution in [2.45, 2.75) is 258 Å². The maximum absolute atomic E-state index is 12.1. The average Bonchev–Trinajstić information content (AvgIpc) is 3.18. The molecule has 0 aromatic rings. The number of hydrogen-bond donors (Lipinski definition) is 3. The van der Waals surface area contributed by atoms with Gasteiger partial charge in [-0.2, -0.15) is 0 Å². The zero-order chi connectivity index (χ0) is 41.1. The van der Waals surface area contributed by atoms with Crippen molar-refractivity contribution in [3.8, 4) is 0 Å². The van der Waals surface area contributed by atoms with Gasteiger partial charge in [0.05, 0.1) is 13.2 Å². The van der Waals surface area contributed by atoms with Gasteiger partial charge in [0.2, 0.25) is 5.91 Å². The van der Waals surface area contributed by atoms with E-state index in [1.165, 1.54) is 186 Å². The van der Waals surface area contributed by atoms with E-state index in [1.807, 2.05) is 0 Å². The number of hydrogen-bond acceptors (Lipinski definition) is 7. The number of nitrogens with one attached hydrogen (secondary N) is 1. The van der Waals surface area contributed by atoms with Gasteiger partial charge in [-0.3, -0.25) is 18.6 Å². The molecule has 0 aromatic heterocycles. The Kier molecular flexibility index (Phi) is 42.8. The molecule has 3 N–H and O–H groups in total. The second-order valence-corrected chi connectivity index (χ2v) is 17.9. The molecule has 0 radical (unpaired) electrons. The first-order valence-electron chi connectivity index (χ1n) is 24.0. The number of phosphoric ester groups is 1. The fraction of sp³-hybridized carbons (Fsp3) is 0.957. The van der Waals surface area contributed by atoms with Crippen molar-refractivity contribution in [2.75, 3.05) is 26.4 Å². The molecule has 334 valence electrons. The maximum Gasteiger partial charge on any atom is 0.472 e. The smallest absolute Gasteiger partial charge is 0.463 e. The van der Waals surface area contributed by atoms with Crippen molar-refractivity contribution in [2.24, 2.45) is 0 Å². The minimum Gasteiger partial charge on any atom is -0.463 e. The molecular weight excluding hydrogens is 725 g/mol. The van der Waals surface area contributed by atoms with Crippen molar-refractivity contribution < 1.29 is 37.9 Å². The summed E-state index contributed by atoms with van der Waals surface area (Å²) >= 11 is 0. The van der Waals surface area contributed by atoms with Crippen LogP contribution in [0.1, 0.15) is 251 Å². The van der Waals surface area contributed by atoms with Crippen LogP contribution < -0.4 is 5.32 Å². The van der Waals surface area contributed by atoms with E-state index in [0.29, 0.717) is 12.8 Å². The minimum atomic E-state index is -4.41. The van der Waals surface area contributed by atoms with Crippen molar-refractivity contribution in [3.05, 3.63) is 0 Å². The average molecular weight is 818 g/mol. The van der Waals surface area contributed by atoms with Crippen LogP contribution in [0.5, 0.6) is 0 Å². The van der Waals surface area contributed by atoms with Crippen molar-refractivity contribution in [1.29, 1.82) is 0 Å². The summed E-state index contributed by atoms with van der Waals surface area (Å²) in [7, 11) is -4.41. The van der Waals surface area contributed by atoms with E-state index in [-0.39, 0.29) is 25.7 Å². The van der Waals surface area contributed by atoms with Crippen LogP contribution in [0.2, 0.25) is 0 Å². The quantitative estimate of drug-likeness (QED) is 0.0314. The number of rotatable bonds is 46. The summed E-state index contributed by atoms with van der Waals surface area (Å²) < 4.78 is 26.9. The lowest BCUT2D eigenvalue weighted by atomic mass is 10.0. The first-order valence-corrected chi connectivity index (χ1v) is 25.5. The highest BCUT2D eigenvalue weighted by Gasteiger charge is 2.23. The first kappa shape index (κ1) is 55.0. The van der Waals surface area contributed by atoms with E-state index in [0.717, 1.165) is 38.5 Å². The molecule has 0 spiro atoms. The second-order valence-electron chi connectivity index (χ2n) is 16.5. The van der Waals surface area contributed by atoms with E-state index in [2.05, 4.69) is 19.2 Å². The molecule has 0 fully saturated rings. The van der Waals surface area contributed by atoms with Gasteiger partial charge in [0, 0.05) is 19.4 Å². The summed E-state index contributed by atoms with van der Waals surface area (Å²) in [6.45, 7) is 3.61. The lowest BCUT2D eigenvalue weighted by molar-refractivity contribution is -0.147. The van der Waals surface area contributed by atoms with Gasteiger partial charge < -0.3 is 20.1 Å². The highest BCUT2D eigenvalue weighted by molar-refractivity contribution is 7.47. The van der Waals surface area contributed by atoms with E-state index >= 15 is 0 Å². The molecule has 1 amide bonds. The van der Waals surface area contributed by atoms with Gasteiger partial charge in [-0.1, -0.05) is 226 Å². The highest BCUT2D eigenvalue weighted by Crippen LogP contribution is 2.42. The van der Waals surface area contributed by atoms with E-state index < -0.39 is 26.5 Å². The largest absolute Gasteiger partial charge is 0.472 e. The summed E-state index contributed by atoms with van der Waals surface area (Å²) in [4.78, 5) is 34.0. The molecule has 10 heteroatoms. The van der Waals surface area contributed by atoms with Crippen molar-refractivity contribution in [3.63, 3.8) is 0 Å². The Morgan fingerprint density at radius 3 is 1.16 bits per heavy atom. The van der Waals surface area contributed by atoms with Crippen molar-refractivity contribution in [1.82, 2.24) is 5.32 Å². The lowest BCUT2D eigenvalue weighted by Gasteiger charge is -2.15. The number of unbranched alkanes of at least 4 members (excludes halogenated alkanes) is 33. The van der Waals surface area contributed by atoms with Crippen LogP contribution in [0.4, 0.5) is 0 Å². The summed E-state index contributed by atoms with van der Waals surface area (Å²) in [5.74, 6) is -0.500. The molecule has 0 heterocycles. The first-order chi connectivity index (χ1) is 27.3. The molecular formula is C46H92NO8P. The van der Waals surface area contributed by atoms with Gasteiger partial charge in [-0.25, -0.2) is 4.57 Å². The Labute approximate surface area is 346 Å². The number of carbonyl (C=O) groups excluding carboxylic acids is 2. The third kappa shape index (κ3) is 44.1. The van der Waals surface area contributed by atoms with Gasteiger partial charge in [0.15, 0.2) is 0 Å². The lowest BCUT2D eigenvalue weighted by Crippen LogP contribution is -2.27. The number of amides is 1. The SMILES string of the molecule is CCCCCCCCCCCCCCCCCCCCCC(=O)NCCOP(=O)(O)OCC(O)COC(=O)CCCCCCCCCCCCCCCCCC. The second kappa shape index (κ2) is 43.6. The summed E-state index contributed by atoms with van der Waals surface area (Å²) in [5.41, 5.74) is 0. The third-order valence-corrected chi connectivity index (χ3v) is 11.8. The van der Waals surface area contributed by atoms with Gasteiger partial charge in [-0.05, 0) is 12.8 Å². The number of aliphatic hydroxyl groups is 1. The van der Waals surface area contributed by atoms with Crippen LogP contribution in [-0.2, 0) is 27.9 Å². The van der Waals surface area contributed by atoms with Gasteiger partial charge in [-0.15, -0.1) is 0 Å². The predicted octanol–water partition coefficient (Wildman–Crippen LogP) is 13.6. The van der Waals surface area contributed by atoms with Crippen LogP contribution >= 0.6 is 7.82 Å². The maximum atomic E-state index is 12.1. The zero-order valence-corrected chi connectivity index (χ0v) is 37.8. The molecule has 56 heavy (non-hydrogen) atoms. The molecule has 0 saturated heterocycles. The molecule has 0 aliphatic carbocycles. The highest BCUT2D eigenvalue weighted by atomic mass is 31.2. The summed E-state index contributed by atoms with van der Waals surface area (Å²) in [6, 6.07) is 0. The molecule has 0 aliphatic heterocycles. The molecule has 0 saturated carbocycles. The molecule has 2 unspecified atom stereocenters. The van der Waals surface area contributed by atoms with E-state index in [1.54, 1.807) is 0 Å². The Morgan fingerprint density at radius 1 is 0.482 bits per heavy atom. The fourth-order valence-corrected chi connectivity index (χ4v) is 7.91. The number of ether oxygens (including phenoxy) is 1. The van der Waals surface area contributed by atoms with E-state index in [9.17, 15) is 24.2 Å². The molecule has 9 nitrogen and oxygen atoms in total. The molecule has 0 bridgehead atoms. The van der Waals surface area contributed by atoms with Crippen LogP contribution in [0, 0.1) is 0 Å². The Balaban J connectivity index is 3.52. The zero-order valence-electron chi connectivity index (χ0n) is 36.9. The Morgan fingerprint density at radius 2 is 0.804 bits per heavy atom. The fourth-order valence-electron chi connectivity index (χ4n) is 7.15. The van der Waals surface area contributed by atoms with Gasteiger partial charge >= 0.3 is 13.8 Å². The monoisotopic (exact) mass is 818 g/mol. The topological polar surface area (TPSA) is 131 Å². The number of esters is 1. The standard InChI is InChI=1S/C46H92NO8P/c1-3-5-7-9-11-13-15-17-19-21-22-23-24-26-28-30-32-34-36-38-45(49)47-40-41-54-56(51,52)55-43-44(48)42-53-46(50)39-37-35-33-31-29-27-25-20-18-16-14-12-10-8-6-4-2/h44,48H,3-43H2,1-2H3,(H,47,49)(H,51,52). The predicted molar refractivity (Wildman–Crippen MR) is 234 cm³/mol. The van der Waals surface area contributed by atoms with Crippen LogP contribution in [0.25, 0.3) is 0 Å². The molecule has 2 atom stereocenters. The van der Waals surface area contributed by atoms with Gasteiger partial charge in [0.1, 0.15) is 12.7 Å². The Bertz CT molecular complexity index is 891.